The molecular formula is C26H29F3N8O. The molecule has 1 atom stereocenters. The molecule has 4 aromatic heterocycles. The molecule has 0 aromatic carbocycles. The van der Waals surface area contributed by atoms with Crippen LogP contribution in [0.4, 0.5) is 19.0 Å². The van der Waals surface area contributed by atoms with Crippen LogP contribution in [-0.4, -0.2) is 68.6 Å². The monoisotopic (exact) mass is 526 g/mol. The van der Waals surface area contributed by atoms with Gasteiger partial charge in [-0.3, -0.25) is 9.67 Å². The van der Waals surface area contributed by atoms with E-state index < -0.39 is 11.9 Å². The molecule has 2 fully saturated rings. The first-order valence-corrected chi connectivity index (χ1v) is 12.8. The highest BCUT2D eigenvalue weighted by molar-refractivity contribution is 5.92. The molecule has 2 aliphatic rings. The van der Waals surface area contributed by atoms with E-state index in [1.54, 1.807) is 36.3 Å². The Kier molecular flexibility index (Phi) is 6.31. The molecule has 2 aliphatic heterocycles. The van der Waals surface area contributed by atoms with Gasteiger partial charge in [0.1, 0.15) is 5.82 Å². The molecule has 0 aliphatic carbocycles. The molecule has 2 saturated heterocycles. The zero-order valence-corrected chi connectivity index (χ0v) is 21.2. The largest absolute Gasteiger partial charge is 0.435 e. The lowest BCUT2D eigenvalue weighted by Gasteiger charge is -2.34. The van der Waals surface area contributed by atoms with Crippen molar-refractivity contribution in [1.82, 2.24) is 35.0 Å². The van der Waals surface area contributed by atoms with Gasteiger partial charge in [0.15, 0.2) is 11.5 Å². The molecule has 6 rings (SSSR count). The fourth-order valence-corrected chi connectivity index (χ4v) is 5.49. The predicted molar refractivity (Wildman–Crippen MR) is 137 cm³/mol. The van der Waals surface area contributed by atoms with Gasteiger partial charge in [0.05, 0.1) is 48.3 Å². The van der Waals surface area contributed by atoms with E-state index in [1.807, 2.05) is 13.0 Å². The van der Waals surface area contributed by atoms with Crippen molar-refractivity contribution in [3.8, 4) is 22.6 Å². The van der Waals surface area contributed by atoms with Crippen molar-refractivity contribution in [3.05, 3.63) is 42.1 Å². The van der Waals surface area contributed by atoms with Gasteiger partial charge in [-0.1, -0.05) is 0 Å². The standard InChI is InChI=1S/C26H29F3N8O/c1-15-14-38-10-9-36(15)22-11-20(33-25(34-22)19-12-31-13-21-18(19)5-8-32-21)23-16(2)37(17-3-6-30-7-4-17)35-24(23)26(27,28)29/h5,8,11-13,15,17,30,32H,3-4,6-7,9-10,14H2,1-2H3/t15-/m1/s1. The van der Waals surface area contributed by atoms with Crippen LogP contribution in [0, 0.1) is 6.92 Å². The maximum absolute atomic E-state index is 14.4. The highest BCUT2D eigenvalue weighted by Gasteiger charge is 2.40. The summed E-state index contributed by atoms with van der Waals surface area (Å²) in [5.74, 6) is 0.867. The number of piperidine rings is 1. The van der Waals surface area contributed by atoms with Crippen LogP contribution in [0.15, 0.2) is 30.7 Å². The summed E-state index contributed by atoms with van der Waals surface area (Å²) in [7, 11) is 0. The minimum absolute atomic E-state index is 0.00108. The normalized spacial score (nSPS) is 19.4. The number of morpholine rings is 1. The molecule has 200 valence electrons. The van der Waals surface area contributed by atoms with Crippen LogP contribution in [0.5, 0.6) is 0 Å². The van der Waals surface area contributed by atoms with E-state index in [-0.39, 0.29) is 23.3 Å². The second-order valence-electron chi connectivity index (χ2n) is 9.91. The molecule has 12 heteroatoms. The molecule has 0 amide bonds. The molecule has 0 bridgehead atoms. The van der Waals surface area contributed by atoms with Crippen molar-refractivity contribution in [1.29, 1.82) is 0 Å². The molecule has 9 nitrogen and oxygen atoms in total. The number of H-pyrrole nitrogens is 1. The zero-order valence-electron chi connectivity index (χ0n) is 21.2. The molecule has 0 unspecified atom stereocenters. The molecule has 2 N–H and O–H groups in total. The van der Waals surface area contributed by atoms with Gasteiger partial charge in [0.2, 0.25) is 0 Å². The Morgan fingerprint density at radius 3 is 2.71 bits per heavy atom. The quantitative estimate of drug-likeness (QED) is 0.408. The molecule has 0 spiro atoms. The first kappa shape index (κ1) is 24.8. The fourth-order valence-electron chi connectivity index (χ4n) is 5.49. The van der Waals surface area contributed by atoms with Crippen molar-refractivity contribution in [2.75, 3.05) is 37.7 Å². The van der Waals surface area contributed by atoms with E-state index in [1.165, 1.54) is 0 Å². The number of hydrogen-bond acceptors (Lipinski definition) is 7. The highest BCUT2D eigenvalue weighted by atomic mass is 19.4. The third kappa shape index (κ3) is 4.41. The summed E-state index contributed by atoms with van der Waals surface area (Å²) in [5.41, 5.74) is 1.16. The number of rotatable bonds is 4. The van der Waals surface area contributed by atoms with Crippen molar-refractivity contribution in [2.24, 2.45) is 0 Å². The van der Waals surface area contributed by atoms with Crippen molar-refractivity contribution < 1.29 is 17.9 Å². The van der Waals surface area contributed by atoms with Crippen molar-refractivity contribution >= 4 is 16.7 Å². The van der Waals surface area contributed by atoms with Crippen LogP contribution in [0.2, 0.25) is 0 Å². The van der Waals surface area contributed by atoms with Gasteiger partial charge in [-0.05, 0) is 45.8 Å². The summed E-state index contributed by atoms with van der Waals surface area (Å²) in [6, 6.07) is 3.44. The Morgan fingerprint density at radius 1 is 1.13 bits per heavy atom. The van der Waals surface area contributed by atoms with E-state index in [9.17, 15) is 13.2 Å². The third-order valence-electron chi connectivity index (χ3n) is 7.42. The highest BCUT2D eigenvalue weighted by Crippen LogP contribution is 2.41. The van der Waals surface area contributed by atoms with Crippen LogP contribution in [-0.2, 0) is 10.9 Å². The predicted octanol–water partition coefficient (Wildman–Crippen LogP) is 4.36. The van der Waals surface area contributed by atoms with E-state index in [2.05, 4.69) is 25.3 Å². The SMILES string of the molecule is Cc1c(-c2cc(N3CCOC[C@H]3C)nc(-c3cncc4[nH]ccc34)n2)c(C(F)(F)F)nn1C1CCNCC1. The number of fused-ring (bicyclic) bond motifs is 1. The lowest BCUT2D eigenvalue weighted by Crippen LogP contribution is -2.44. The van der Waals surface area contributed by atoms with Crippen LogP contribution >= 0.6 is 0 Å². The summed E-state index contributed by atoms with van der Waals surface area (Å²) < 4.78 is 50.4. The molecule has 6 heterocycles. The number of aromatic nitrogens is 6. The number of hydrogen-bond donors (Lipinski definition) is 2. The number of ether oxygens (including phenoxy) is 1. The zero-order chi connectivity index (χ0) is 26.4. The van der Waals surface area contributed by atoms with E-state index in [0.717, 1.165) is 24.0 Å². The molecule has 4 aromatic rings. The number of aromatic amines is 1. The Hall–Kier alpha value is -3.51. The first-order valence-electron chi connectivity index (χ1n) is 12.8. The summed E-state index contributed by atoms with van der Waals surface area (Å²) in [6.07, 6.45) is 1.93. The van der Waals surface area contributed by atoms with Crippen LogP contribution in [0.25, 0.3) is 33.5 Å². The summed E-state index contributed by atoms with van der Waals surface area (Å²) >= 11 is 0. The number of alkyl halides is 3. The number of halogens is 3. The van der Waals surface area contributed by atoms with Gasteiger partial charge in [-0.25, -0.2) is 9.97 Å². The number of nitrogens with zero attached hydrogens (tertiary/aromatic N) is 6. The van der Waals surface area contributed by atoms with E-state index in [4.69, 9.17) is 14.7 Å². The molecule has 0 radical (unpaired) electrons. The fraction of sp³-hybridized carbons (Fsp3) is 0.462. The van der Waals surface area contributed by atoms with Gasteiger partial charge in [-0.15, -0.1) is 0 Å². The van der Waals surface area contributed by atoms with Gasteiger partial charge >= 0.3 is 6.18 Å². The minimum atomic E-state index is -4.64. The van der Waals surface area contributed by atoms with Crippen LogP contribution < -0.4 is 10.2 Å². The van der Waals surface area contributed by atoms with Crippen molar-refractivity contribution in [2.45, 2.75) is 44.9 Å². The Morgan fingerprint density at radius 2 is 1.95 bits per heavy atom. The Balaban J connectivity index is 1.57. The van der Waals surface area contributed by atoms with Gasteiger partial charge in [0.25, 0.3) is 0 Å². The molecule has 0 saturated carbocycles. The average Bonchev–Trinajstić information content (AvgIpc) is 3.53. The lowest BCUT2D eigenvalue weighted by molar-refractivity contribution is -0.141. The summed E-state index contributed by atoms with van der Waals surface area (Å²) in [4.78, 5) is 19.1. The summed E-state index contributed by atoms with van der Waals surface area (Å²) in [5, 5.41) is 8.24. The minimum Gasteiger partial charge on any atom is -0.377 e. The molecular weight excluding hydrogens is 497 g/mol. The van der Waals surface area contributed by atoms with Gasteiger partial charge in [-0.2, -0.15) is 18.3 Å². The van der Waals surface area contributed by atoms with Crippen LogP contribution in [0.1, 0.15) is 37.2 Å². The smallest absolute Gasteiger partial charge is 0.377 e. The number of anilines is 1. The van der Waals surface area contributed by atoms with E-state index in [0.29, 0.717) is 55.5 Å². The van der Waals surface area contributed by atoms with Crippen molar-refractivity contribution in [3.63, 3.8) is 0 Å². The second kappa shape index (κ2) is 9.66. The van der Waals surface area contributed by atoms with E-state index >= 15 is 0 Å². The van der Waals surface area contributed by atoms with Crippen LogP contribution in [0.3, 0.4) is 0 Å². The average molecular weight is 527 g/mol. The topological polar surface area (TPSA) is 96.8 Å². The lowest BCUT2D eigenvalue weighted by atomic mass is 10.0. The first-order chi connectivity index (χ1) is 18.3. The third-order valence-corrected chi connectivity index (χ3v) is 7.42. The Bertz CT molecular complexity index is 1460. The number of pyridine rings is 1. The maximum Gasteiger partial charge on any atom is 0.435 e. The van der Waals surface area contributed by atoms with Gasteiger partial charge < -0.3 is 19.9 Å². The summed E-state index contributed by atoms with van der Waals surface area (Å²) in [6.45, 7) is 6.78. The maximum atomic E-state index is 14.4. The second-order valence-corrected chi connectivity index (χ2v) is 9.91. The van der Waals surface area contributed by atoms with Gasteiger partial charge in [0, 0.05) is 41.6 Å². The Labute approximate surface area is 217 Å². The number of nitrogens with one attached hydrogen (secondary N) is 2. The molecule has 38 heavy (non-hydrogen) atoms.